The molecule has 0 aliphatic rings. The zero-order valence-corrected chi connectivity index (χ0v) is 25.9. The van der Waals surface area contributed by atoms with Crippen molar-refractivity contribution in [1.29, 1.82) is 0 Å². The second-order valence-electron chi connectivity index (χ2n) is 8.56. The molecule has 0 bridgehead atoms. The molecule has 0 aliphatic heterocycles. The van der Waals surface area contributed by atoms with Crippen LogP contribution in [-0.4, -0.2) is 8.42 Å². The number of hydrogen-bond donors (Lipinski definition) is 0. The topological polar surface area (TPSA) is 72.0 Å². The molecule has 9 heteroatoms. The van der Waals surface area contributed by atoms with E-state index in [1.54, 1.807) is 36.4 Å². The van der Waals surface area contributed by atoms with E-state index in [1.807, 2.05) is 24.3 Å². The van der Waals surface area contributed by atoms with E-state index in [4.69, 9.17) is 28.9 Å². The van der Waals surface area contributed by atoms with Crippen LogP contribution in [0.5, 0.6) is 0 Å². The molecule has 0 aliphatic carbocycles. The molecule has 0 unspecified atom stereocenters. The number of hydrogen-bond acceptors (Lipinski definition) is 2. The van der Waals surface area contributed by atoms with Gasteiger partial charge in [-0.15, -0.1) is 12.1 Å². The third kappa shape index (κ3) is 9.77. The van der Waals surface area contributed by atoms with Gasteiger partial charge in [-0.2, -0.15) is 0 Å². The van der Waals surface area contributed by atoms with Gasteiger partial charge in [0.15, 0.2) is 0 Å². The normalized spacial score (nSPS) is 12.2. The molecular formula is C29H28Cl3N2O2RuS. The summed E-state index contributed by atoms with van der Waals surface area (Å²) in [5.41, 5.74) is 14.0. The van der Waals surface area contributed by atoms with Crippen molar-refractivity contribution in [2.45, 2.75) is 37.8 Å². The Hall–Kier alpha value is -1.76. The number of benzene rings is 4. The van der Waals surface area contributed by atoms with Crippen LogP contribution in [-0.2, 0) is 29.5 Å². The predicted molar refractivity (Wildman–Crippen MR) is 150 cm³/mol. The van der Waals surface area contributed by atoms with Crippen molar-refractivity contribution >= 4 is 33.2 Å². The molecule has 0 saturated carbocycles. The Morgan fingerprint density at radius 3 is 1.61 bits per heavy atom. The minimum atomic E-state index is -4.09. The molecule has 1 N–H and O–H groups in total. The molecule has 4 rings (SSSR count). The smallest absolute Gasteiger partial charge is 1.00 e. The predicted octanol–water partition coefficient (Wildman–Crippen LogP) is 6.20. The van der Waals surface area contributed by atoms with Gasteiger partial charge >= 0.3 is 19.5 Å². The van der Waals surface area contributed by atoms with Crippen molar-refractivity contribution in [1.82, 2.24) is 0 Å². The second kappa shape index (κ2) is 15.7. The largest absolute Gasteiger partial charge is 3.00 e. The average molecular weight is 676 g/mol. The maximum absolute atomic E-state index is 12.9. The Balaban J connectivity index is 0.000000560. The van der Waals surface area contributed by atoms with E-state index >= 15 is 0 Å². The first-order chi connectivity index (χ1) is 17.1. The molecule has 0 heterocycles. The molecule has 201 valence electrons. The minimum absolute atomic E-state index is 0. The van der Waals surface area contributed by atoms with Crippen LogP contribution < -0.4 is 12.4 Å². The van der Waals surface area contributed by atoms with Crippen LogP contribution >= 0.6 is 23.2 Å². The maximum Gasteiger partial charge on any atom is 3.00 e. The van der Waals surface area contributed by atoms with Crippen molar-refractivity contribution in [3.8, 4) is 0 Å². The first kappa shape index (κ1) is 34.3. The van der Waals surface area contributed by atoms with E-state index in [2.05, 4.69) is 43.7 Å². The van der Waals surface area contributed by atoms with Gasteiger partial charge in [0.1, 0.15) is 10.0 Å². The number of rotatable bonds is 6. The van der Waals surface area contributed by atoms with Crippen LogP contribution in [0.25, 0.3) is 10.5 Å². The standard InChI is InChI=1S/C20H16Cl2N2O2S.C9H12.ClH.Ru/c21-16-11-12-18(17(22)13-16)27(25,26)24-20(15-9-5-2-6-10-15)19(23)14-7-3-1-4-8-14;1-7-4-8(2)6-9(3)5-7;;/h1-13,19-20,23H;4-6H,1-3H3;1H;/q-2;;;+3/p-1/t19-,20-;;;/m1.../s1. The molecule has 0 aromatic heterocycles. The summed E-state index contributed by atoms with van der Waals surface area (Å²) < 4.78 is 29.9. The Bertz CT molecular complexity index is 1360. The Kier molecular flexibility index (Phi) is 14.2. The Labute approximate surface area is 255 Å². The number of aryl methyl sites for hydroxylation is 3. The van der Waals surface area contributed by atoms with Gasteiger partial charge in [-0.25, -0.2) is 8.42 Å². The van der Waals surface area contributed by atoms with Gasteiger partial charge in [-0.3, -0.25) is 0 Å². The first-order valence-corrected chi connectivity index (χ1v) is 13.5. The fraction of sp³-hybridized carbons (Fsp3) is 0.172. The van der Waals surface area contributed by atoms with Crippen LogP contribution in [0, 0.1) is 20.8 Å². The quantitative estimate of drug-likeness (QED) is 0.228. The molecular weight excluding hydrogens is 648 g/mol. The van der Waals surface area contributed by atoms with Crippen molar-refractivity contribution in [2.75, 3.05) is 0 Å². The van der Waals surface area contributed by atoms with Crippen molar-refractivity contribution in [2.24, 2.45) is 0 Å². The molecule has 4 aromatic rings. The van der Waals surface area contributed by atoms with E-state index in [0.29, 0.717) is 16.1 Å². The monoisotopic (exact) mass is 675 g/mol. The summed E-state index contributed by atoms with van der Waals surface area (Å²) in [7, 11) is -4.09. The second-order valence-corrected chi connectivity index (χ2v) is 11.0. The summed E-state index contributed by atoms with van der Waals surface area (Å²) in [4.78, 5) is -0.130. The first-order valence-electron chi connectivity index (χ1n) is 11.3. The van der Waals surface area contributed by atoms with Gasteiger partial charge in [0.05, 0.1) is 9.92 Å². The molecule has 4 nitrogen and oxygen atoms in total. The summed E-state index contributed by atoms with van der Waals surface area (Å²) in [5.74, 6) is 0. The van der Waals surface area contributed by atoms with Gasteiger partial charge in [0.25, 0.3) is 0 Å². The molecule has 0 amide bonds. The average Bonchev–Trinajstić information content (AvgIpc) is 2.82. The van der Waals surface area contributed by atoms with Gasteiger partial charge in [-0.1, -0.05) is 130 Å². The molecule has 1 radical (unpaired) electrons. The van der Waals surface area contributed by atoms with Gasteiger partial charge in [-0.05, 0) is 39.0 Å². The third-order valence-electron chi connectivity index (χ3n) is 5.41. The molecule has 0 spiro atoms. The fourth-order valence-electron chi connectivity index (χ4n) is 3.90. The molecule has 0 saturated heterocycles. The van der Waals surface area contributed by atoms with Crippen LogP contribution in [0.2, 0.25) is 10.0 Å². The Morgan fingerprint density at radius 1 is 0.711 bits per heavy atom. The zero-order chi connectivity index (χ0) is 26.3. The maximum atomic E-state index is 12.9. The SMILES string of the molecule is Cc1cc(C)cc(C)c1.[Cl-].[NH-][C@H](c1ccccc1)[C@H]([N-]S(=O)(=O)c1ccc(Cl)cc1Cl)c1ccccc1.[Ru+3]. The van der Waals surface area contributed by atoms with E-state index < -0.39 is 22.1 Å². The number of halogens is 3. The molecule has 4 aromatic carbocycles. The van der Waals surface area contributed by atoms with E-state index in [0.717, 1.165) is 0 Å². The third-order valence-corrected chi connectivity index (χ3v) is 7.48. The van der Waals surface area contributed by atoms with Crippen molar-refractivity contribution < 1.29 is 40.3 Å². The number of nitrogens with zero attached hydrogens (tertiary/aromatic N) is 1. The number of nitrogens with one attached hydrogen (secondary N) is 1. The van der Waals surface area contributed by atoms with Crippen LogP contribution in [0.1, 0.15) is 39.9 Å². The van der Waals surface area contributed by atoms with Gasteiger partial charge in [0, 0.05) is 5.02 Å². The zero-order valence-electron chi connectivity index (χ0n) is 21.1. The van der Waals surface area contributed by atoms with E-state index in [1.165, 1.54) is 34.9 Å². The molecule has 0 fully saturated rings. The summed E-state index contributed by atoms with van der Waals surface area (Å²) in [6, 6.07) is 26.8. The minimum Gasteiger partial charge on any atom is -1.00 e. The van der Waals surface area contributed by atoms with E-state index in [-0.39, 0.29) is 41.8 Å². The van der Waals surface area contributed by atoms with E-state index in [9.17, 15) is 8.42 Å². The van der Waals surface area contributed by atoms with Crippen LogP contribution in [0.15, 0.2) is 102 Å². The fourth-order valence-corrected chi connectivity index (χ4v) is 5.80. The summed E-state index contributed by atoms with van der Waals surface area (Å²) in [6.45, 7) is 6.38. The van der Waals surface area contributed by atoms with Crippen molar-refractivity contribution in [3.05, 3.63) is 145 Å². The number of sulfonamides is 1. The molecule has 2 atom stereocenters. The summed E-state index contributed by atoms with van der Waals surface area (Å²) in [6.07, 6.45) is 0. The summed E-state index contributed by atoms with van der Waals surface area (Å²) in [5, 5.41) is 0.334. The van der Waals surface area contributed by atoms with Crippen LogP contribution in [0.3, 0.4) is 0 Å². The summed E-state index contributed by atoms with van der Waals surface area (Å²) >= 11 is 11.9. The Morgan fingerprint density at radius 2 is 1.16 bits per heavy atom. The van der Waals surface area contributed by atoms with Crippen LogP contribution in [0.4, 0.5) is 0 Å². The van der Waals surface area contributed by atoms with Crippen molar-refractivity contribution in [3.63, 3.8) is 0 Å². The van der Waals surface area contributed by atoms with Gasteiger partial charge in [0.2, 0.25) is 0 Å². The van der Waals surface area contributed by atoms with Gasteiger partial charge < -0.3 is 22.9 Å². The molecule has 38 heavy (non-hydrogen) atoms.